The second kappa shape index (κ2) is 5.11. The minimum absolute atomic E-state index is 0.0223. The summed E-state index contributed by atoms with van der Waals surface area (Å²) in [5.74, 6) is -0.955. The number of carboxylic acid groups (broad SMARTS) is 1. The third kappa shape index (κ3) is 2.92. The minimum atomic E-state index is -0.889. The van der Waals surface area contributed by atoms with Crippen molar-refractivity contribution in [2.45, 2.75) is 38.1 Å². The highest BCUT2D eigenvalue weighted by Crippen LogP contribution is 2.22. The Balaban J connectivity index is 2.40. The fourth-order valence-corrected chi connectivity index (χ4v) is 1.91. The highest BCUT2D eigenvalue weighted by atomic mass is 16.4. The highest BCUT2D eigenvalue weighted by molar-refractivity contribution is 5.86. The van der Waals surface area contributed by atoms with Gasteiger partial charge >= 0.3 is 5.97 Å². The number of amides is 1. The van der Waals surface area contributed by atoms with Crippen LogP contribution in [0.3, 0.4) is 0 Å². The van der Waals surface area contributed by atoms with Crippen LogP contribution in [0.25, 0.3) is 0 Å². The first-order chi connectivity index (χ1) is 7.10. The van der Waals surface area contributed by atoms with Crippen molar-refractivity contribution >= 4 is 11.9 Å². The third-order valence-corrected chi connectivity index (χ3v) is 2.91. The van der Waals surface area contributed by atoms with E-state index in [9.17, 15) is 9.59 Å². The summed E-state index contributed by atoms with van der Waals surface area (Å²) in [6, 6.07) is 0. The predicted molar refractivity (Wildman–Crippen MR) is 55.5 cm³/mol. The Morgan fingerprint density at radius 1 is 1.53 bits per heavy atom. The van der Waals surface area contributed by atoms with Crippen LogP contribution in [0.2, 0.25) is 0 Å². The zero-order valence-corrected chi connectivity index (χ0v) is 9.01. The molecule has 86 valence electrons. The standard InChI is InChI=1S/C10H18N2O3/c1-2-10(5-3-6-12-10)9(15)11-7-4-8(13)14/h12H,2-7H2,1H3,(H,11,15)(H,13,14). The molecule has 15 heavy (non-hydrogen) atoms. The normalized spacial score (nSPS) is 25.1. The summed E-state index contributed by atoms with van der Waals surface area (Å²) in [4.78, 5) is 22.1. The maximum atomic E-state index is 11.8. The molecule has 0 radical (unpaired) electrons. The lowest BCUT2D eigenvalue weighted by Crippen LogP contribution is -2.53. The number of carboxylic acids is 1. The molecule has 3 N–H and O–H groups in total. The molecule has 0 aromatic rings. The molecule has 1 atom stereocenters. The average Bonchev–Trinajstić information content (AvgIpc) is 2.66. The molecule has 5 nitrogen and oxygen atoms in total. The number of hydrogen-bond donors (Lipinski definition) is 3. The molecule has 1 aliphatic heterocycles. The topological polar surface area (TPSA) is 78.4 Å². The highest BCUT2D eigenvalue weighted by Gasteiger charge is 2.38. The molecule has 1 rings (SSSR count). The molecule has 0 aromatic carbocycles. The van der Waals surface area contributed by atoms with Gasteiger partial charge in [-0.05, 0) is 25.8 Å². The monoisotopic (exact) mass is 214 g/mol. The first kappa shape index (κ1) is 12.0. The van der Waals surface area contributed by atoms with Crippen LogP contribution in [0.5, 0.6) is 0 Å². The van der Waals surface area contributed by atoms with Crippen LogP contribution in [-0.2, 0) is 9.59 Å². The summed E-state index contributed by atoms with van der Waals surface area (Å²) in [6.07, 6.45) is 2.56. The van der Waals surface area contributed by atoms with E-state index in [2.05, 4.69) is 10.6 Å². The van der Waals surface area contributed by atoms with Crippen molar-refractivity contribution in [1.29, 1.82) is 0 Å². The Labute approximate surface area is 89.2 Å². The summed E-state index contributed by atoms with van der Waals surface area (Å²) >= 11 is 0. The lowest BCUT2D eigenvalue weighted by molar-refractivity contribution is -0.137. The van der Waals surface area contributed by atoms with Crippen molar-refractivity contribution < 1.29 is 14.7 Å². The molecule has 1 saturated heterocycles. The zero-order chi connectivity index (χ0) is 11.3. The van der Waals surface area contributed by atoms with E-state index in [-0.39, 0.29) is 18.9 Å². The van der Waals surface area contributed by atoms with Crippen LogP contribution in [0.15, 0.2) is 0 Å². The van der Waals surface area contributed by atoms with Gasteiger partial charge in [0, 0.05) is 6.54 Å². The Kier molecular flexibility index (Phi) is 4.08. The van der Waals surface area contributed by atoms with E-state index in [1.807, 2.05) is 6.92 Å². The van der Waals surface area contributed by atoms with Gasteiger partial charge in [-0.3, -0.25) is 9.59 Å². The van der Waals surface area contributed by atoms with E-state index >= 15 is 0 Å². The van der Waals surface area contributed by atoms with Crippen LogP contribution in [0.1, 0.15) is 32.6 Å². The van der Waals surface area contributed by atoms with Crippen LogP contribution >= 0.6 is 0 Å². The van der Waals surface area contributed by atoms with Gasteiger partial charge in [0.25, 0.3) is 0 Å². The van der Waals surface area contributed by atoms with E-state index in [0.717, 1.165) is 25.8 Å². The summed E-state index contributed by atoms with van der Waals surface area (Å²) in [7, 11) is 0. The van der Waals surface area contributed by atoms with E-state index in [4.69, 9.17) is 5.11 Å². The average molecular weight is 214 g/mol. The maximum Gasteiger partial charge on any atom is 0.305 e. The van der Waals surface area contributed by atoms with Crippen molar-refractivity contribution in [1.82, 2.24) is 10.6 Å². The number of carbonyl (C=O) groups is 2. The molecular weight excluding hydrogens is 196 g/mol. The van der Waals surface area contributed by atoms with Crippen LogP contribution in [0.4, 0.5) is 0 Å². The number of aliphatic carboxylic acids is 1. The van der Waals surface area contributed by atoms with Crippen molar-refractivity contribution in [2.24, 2.45) is 0 Å². The molecule has 5 heteroatoms. The summed E-state index contributed by atoms with van der Waals surface area (Å²) in [5, 5.41) is 14.3. The first-order valence-electron chi connectivity index (χ1n) is 5.36. The summed E-state index contributed by atoms with van der Waals surface area (Å²) < 4.78 is 0. The van der Waals surface area contributed by atoms with Gasteiger partial charge in [0.2, 0.25) is 5.91 Å². The molecule has 1 unspecified atom stereocenters. The molecule has 0 bridgehead atoms. The van der Waals surface area contributed by atoms with Gasteiger partial charge in [-0.25, -0.2) is 0 Å². The summed E-state index contributed by atoms with van der Waals surface area (Å²) in [6.45, 7) is 3.03. The van der Waals surface area contributed by atoms with Crippen molar-refractivity contribution in [3.8, 4) is 0 Å². The largest absolute Gasteiger partial charge is 0.481 e. The van der Waals surface area contributed by atoms with Gasteiger partial charge in [-0.1, -0.05) is 6.92 Å². The fourth-order valence-electron chi connectivity index (χ4n) is 1.91. The molecule has 1 aliphatic rings. The Morgan fingerprint density at radius 3 is 2.73 bits per heavy atom. The fraction of sp³-hybridized carbons (Fsp3) is 0.800. The van der Waals surface area contributed by atoms with E-state index < -0.39 is 11.5 Å². The van der Waals surface area contributed by atoms with Crippen LogP contribution in [0, 0.1) is 0 Å². The maximum absolute atomic E-state index is 11.8. The van der Waals surface area contributed by atoms with Gasteiger partial charge < -0.3 is 15.7 Å². The Bertz CT molecular complexity index is 247. The van der Waals surface area contributed by atoms with Crippen molar-refractivity contribution in [3.63, 3.8) is 0 Å². The molecule has 0 saturated carbocycles. The van der Waals surface area contributed by atoms with Crippen LogP contribution in [-0.4, -0.2) is 35.6 Å². The molecule has 1 heterocycles. The number of carbonyl (C=O) groups excluding carboxylic acids is 1. The van der Waals surface area contributed by atoms with Gasteiger partial charge in [-0.2, -0.15) is 0 Å². The Hall–Kier alpha value is -1.10. The van der Waals surface area contributed by atoms with E-state index in [1.165, 1.54) is 0 Å². The Morgan fingerprint density at radius 2 is 2.27 bits per heavy atom. The van der Waals surface area contributed by atoms with Crippen LogP contribution < -0.4 is 10.6 Å². The lowest BCUT2D eigenvalue weighted by atomic mass is 9.93. The quantitative estimate of drug-likeness (QED) is 0.607. The molecular formula is C10H18N2O3. The first-order valence-corrected chi connectivity index (χ1v) is 5.36. The summed E-state index contributed by atoms with van der Waals surface area (Å²) in [5.41, 5.74) is -0.460. The lowest BCUT2D eigenvalue weighted by Gasteiger charge is -2.26. The number of hydrogen-bond acceptors (Lipinski definition) is 3. The van der Waals surface area contributed by atoms with Gasteiger partial charge in [-0.15, -0.1) is 0 Å². The molecule has 1 amide bonds. The number of nitrogens with one attached hydrogen (secondary N) is 2. The van der Waals surface area contributed by atoms with Crippen molar-refractivity contribution in [3.05, 3.63) is 0 Å². The van der Waals surface area contributed by atoms with Gasteiger partial charge in [0.05, 0.1) is 12.0 Å². The minimum Gasteiger partial charge on any atom is -0.481 e. The second-order valence-electron chi connectivity index (χ2n) is 3.87. The SMILES string of the molecule is CCC1(C(=O)NCCC(=O)O)CCCN1. The molecule has 0 aromatic heterocycles. The predicted octanol–water partition coefficient (Wildman–Crippen LogP) is 0.109. The van der Waals surface area contributed by atoms with Crippen molar-refractivity contribution in [2.75, 3.05) is 13.1 Å². The third-order valence-electron chi connectivity index (χ3n) is 2.91. The number of rotatable bonds is 5. The van der Waals surface area contributed by atoms with E-state index in [1.54, 1.807) is 0 Å². The van der Waals surface area contributed by atoms with E-state index in [0.29, 0.717) is 0 Å². The van der Waals surface area contributed by atoms with Gasteiger partial charge in [0.15, 0.2) is 0 Å². The smallest absolute Gasteiger partial charge is 0.305 e. The zero-order valence-electron chi connectivity index (χ0n) is 9.01. The van der Waals surface area contributed by atoms with Gasteiger partial charge in [0.1, 0.15) is 0 Å². The molecule has 0 spiro atoms. The second-order valence-corrected chi connectivity index (χ2v) is 3.87. The molecule has 0 aliphatic carbocycles. The molecule has 1 fully saturated rings.